The lowest BCUT2D eigenvalue weighted by atomic mass is 9.54. The van der Waals surface area contributed by atoms with E-state index < -0.39 is 60.8 Å². The maximum Gasteiger partial charge on any atom is 0.338 e. The molecule has 0 amide bonds. The molecule has 9 nitrogen and oxygen atoms in total. The van der Waals surface area contributed by atoms with Gasteiger partial charge in [-0.05, 0) is 92.7 Å². The molecule has 1 saturated heterocycles. The maximum atomic E-state index is 13.6. The molecule has 1 N–H and O–H groups in total. The summed E-state index contributed by atoms with van der Waals surface area (Å²) in [5.41, 5.74) is 0.316. The predicted octanol–water partition coefficient (Wildman–Crippen LogP) is 5.37. The molecule has 0 aromatic heterocycles. The van der Waals surface area contributed by atoms with Crippen LogP contribution in [-0.4, -0.2) is 65.9 Å². The number of aliphatic hydroxyl groups excluding tert-OH is 1. The molecule has 0 radical (unpaired) electrons. The monoisotopic (exact) mass is 626 g/mol. The van der Waals surface area contributed by atoms with Crippen LogP contribution in [0.25, 0.3) is 0 Å². The Morgan fingerprint density at radius 3 is 1.41 bits per heavy atom. The third kappa shape index (κ3) is 6.32. The van der Waals surface area contributed by atoms with E-state index >= 15 is 0 Å². The molecule has 5 aliphatic rings. The van der Waals surface area contributed by atoms with Crippen LogP contribution in [-0.2, 0) is 23.7 Å². The minimum absolute atomic E-state index is 0.259. The highest BCUT2D eigenvalue weighted by Crippen LogP contribution is 2.58. The second kappa shape index (κ2) is 13.0. The van der Waals surface area contributed by atoms with Crippen molar-refractivity contribution in [1.82, 2.24) is 0 Å². The van der Waals surface area contributed by atoms with E-state index in [1.807, 2.05) is 0 Å². The van der Waals surface area contributed by atoms with Crippen molar-refractivity contribution in [2.75, 3.05) is 6.61 Å². The molecule has 4 aliphatic carbocycles. The zero-order chi connectivity index (χ0) is 31.7. The van der Waals surface area contributed by atoms with Gasteiger partial charge in [-0.2, -0.15) is 0 Å². The van der Waals surface area contributed by atoms with Crippen molar-refractivity contribution in [3.63, 3.8) is 0 Å². The van der Waals surface area contributed by atoms with E-state index in [0.717, 1.165) is 19.3 Å². The highest BCUT2D eigenvalue weighted by molar-refractivity contribution is 5.91. The summed E-state index contributed by atoms with van der Waals surface area (Å²) in [6, 6.07) is 25.2. The number of ether oxygens (including phenoxy) is 5. The number of carbonyl (C=O) groups is 3. The fourth-order valence-electron chi connectivity index (χ4n) is 8.24. The fourth-order valence-corrected chi connectivity index (χ4v) is 8.24. The first-order chi connectivity index (χ1) is 22.4. The zero-order valence-corrected chi connectivity index (χ0v) is 25.4. The van der Waals surface area contributed by atoms with Crippen LogP contribution in [0.5, 0.6) is 0 Å². The molecule has 8 rings (SSSR count). The minimum Gasteiger partial charge on any atom is -0.452 e. The SMILES string of the molecule is O=C(O[C@@H]1[C@@H](OC(=O)c2ccccc2)[C@H](OC23CC4CC(CC(C4)C2)C3)O[C@H](CO)[C@H]1OC(=O)c1ccccc1)c1ccccc1. The summed E-state index contributed by atoms with van der Waals surface area (Å²) in [5, 5.41) is 10.6. The van der Waals surface area contributed by atoms with Crippen molar-refractivity contribution in [2.24, 2.45) is 17.8 Å². The molecule has 4 saturated carbocycles. The molecule has 5 fully saturated rings. The van der Waals surface area contributed by atoms with Gasteiger partial charge in [0.05, 0.1) is 28.9 Å². The Hall–Kier alpha value is -4.05. The Bertz CT molecular complexity index is 1490. The van der Waals surface area contributed by atoms with Gasteiger partial charge in [-0.15, -0.1) is 0 Å². The topological polar surface area (TPSA) is 118 Å². The van der Waals surface area contributed by atoms with Gasteiger partial charge in [-0.3, -0.25) is 0 Å². The van der Waals surface area contributed by atoms with Gasteiger partial charge in [0.1, 0.15) is 6.10 Å². The molecule has 4 bridgehead atoms. The van der Waals surface area contributed by atoms with Gasteiger partial charge in [0.15, 0.2) is 24.6 Å². The van der Waals surface area contributed by atoms with Gasteiger partial charge < -0.3 is 28.8 Å². The summed E-state index contributed by atoms with van der Waals surface area (Å²) in [6.45, 7) is -0.563. The first-order valence-corrected chi connectivity index (χ1v) is 16.1. The summed E-state index contributed by atoms with van der Waals surface area (Å²) < 4.78 is 31.4. The molecule has 5 atom stereocenters. The van der Waals surface area contributed by atoms with E-state index in [4.69, 9.17) is 23.7 Å². The molecule has 0 unspecified atom stereocenters. The number of benzene rings is 3. The fraction of sp³-hybridized carbons (Fsp3) is 0.432. The van der Waals surface area contributed by atoms with E-state index in [1.54, 1.807) is 91.0 Å². The lowest BCUT2D eigenvalue weighted by Gasteiger charge is -2.58. The van der Waals surface area contributed by atoms with Crippen LogP contribution in [0.3, 0.4) is 0 Å². The van der Waals surface area contributed by atoms with Crippen LogP contribution in [0.2, 0.25) is 0 Å². The molecule has 1 aliphatic heterocycles. The molecular formula is C37H38O9. The Morgan fingerprint density at radius 2 is 1.00 bits per heavy atom. The Labute approximate surface area is 267 Å². The van der Waals surface area contributed by atoms with Crippen LogP contribution >= 0.6 is 0 Å². The number of hydrogen-bond acceptors (Lipinski definition) is 9. The van der Waals surface area contributed by atoms with Gasteiger partial charge in [0, 0.05) is 0 Å². The van der Waals surface area contributed by atoms with E-state index in [2.05, 4.69) is 0 Å². The number of carbonyl (C=O) groups excluding carboxylic acids is 3. The molecule has 46 heavy (non-hydrogen) atoms. The van der Waals surface area contributed by atoms with Crippen LogP contribution in [0.4, 0.5) is 0 Å². The second-order valence-corrected chi connectivity index (χ2v) is 13.2. The molecule has 0 spiro atoms. The van der Waals surface area contributed by atoms with Gasteiger partial charge in [-0.1, -0.05) is 54.6 Å². The van der Waals surface area contributed by atoms with E-state index in [0.29, 0.717) is 17.8 Å². The average Bonchev–Trinajstić information content (AvgIpc) is 3.07. The summed E-state index contributed by atoms with van der Waals surface area (Å²) >= 11 is 0. The zero-order valence-electron chi connectivity index (χ0n) is 25.4. The Morgan fingerprint density at radius 1 is 0.609 bits per heavy atom. The summed E-state index contributed by atoms with van der Waals surface area (Å²) in [4.78, 5) is 40.5. The smallest absolute Gasteiger partial charge is 0.338 e. The molecule has 9 heteroatoms. The lowest BCUT2D eigenvalue weighted by Crippen LogP contribution is -2.65. The summed E-state index contributed by atoms with van der Waals surface area (Å²) in [7, 11) is 0. The van der Waals surface area contributed by atoms with Crippen molar-refractivity contribution in [2.45, 2.75) is 74.8 Å². The predicted molar refractivity (Wildman–Crippen MR) is 165 cm³/mol. The van der Waals surface area contributed by atoms with Gasteiger partial charge in [0.2, 0.25) is 0 Å². The van der Waals surface area contributed by atoms with Crippen molar-refractivity contribution in [3.05, 3.63) is 108 Å². The lowest BCUT2D eigenvalue weighted by molar-refractivity contribution is -0.339. The van der Waals surface area contributed by atoms with E-state index in [9.17, 15) is 19.5 Å². The van der Waals surface area contributed by atoms with Crippen molar-refractivity contribution >= 4 is 17.9 Å². The third-order valence-corrected chi connectivity index (χ3v) is 9.88. The standard InChI is InChI=1S/C37H38O9/c38-22-29-30(43-33(39)26-10-4-1-5-11-26)31(44-34(40)27-12-6-2-7-13-27)32(45-35(41)28-14-8-3-9-15-28)36(42-29)46-37-19-23-16-24(20-37)18-25(17-23)21-37/h1-15,23-25,29-32,36,38H,16-22H2/t23?,24?,25?,29-,30-,31+,32-,36+,37?/m1/s1. The number of rotatable bonds is 9. The molecular weight excluding hydrogens is 588 g/mol. The molecule has 1 heterocycles. The van der Waals surface area contributed by atoms with Gasteiger partial charge >= 0.3 is 17.9 Å². The van der Waals surface area contributed by atoms with Crippen LogP contribution in [0.1, 0.15) is 69.6 Å². The Kier molecular flexibility index (Phi) is 8.64. The summed E-state index contributed by atoms with van der Waals surface area (Å²) in [6.07, 6.45) is -0.169. The van der Waals surface area contributed by atoms with Gasteiger partial charge in [-0.25, -0.2) is 14.4 Å². The maximum absolute atomic E-state index is 13.6. The van der Waals surface area contributed by atoms with Crippen LogP contribution < -0.4 is 0 Å². The van der Waals surface area contributed by atoms with Crippen molar-refractivity contribution < 1.29 is 43.2 Å². The van der Waals surface area contributed by atoms with Gasteiger partial charge in [0.25, 0.3) is 0 Å². The highest BCUT2D eigenvalue weighted by atomic mass is 16.7. The first kappa shape index (κ1) is 30.6. The number of esters is 3. The average molecular weight is 627 g/mol. The number of aliphatic hydroxyl groups is 1. The molecule has 3 aromatic carbocycles. The van der Waals surface area contributed by atoms with Crippen LogP contribution in [0.15, 0.2) is 91.0 Å². The molecule has 240 valence electrons. The Balaban J connectivity index is 1.26. The summed E-state index contributed by atoms with van der Waals surface area (Å²) in [5.74, 6) is -0.425. The second-order valence-electron chi connectivity index (χ2n) is 13.2. The largest absolute Gasteiger partial charge is 0.452 e. The minimum atomic E-state index is -1.36. The number of hydrogen-bond donors (Lipinski definition) is 1. The quantitative estimate of drug-likeness (QED) is 0.247. The van der Waals surface area contributed by atoms with E-state index in [-0.39, 0.29) is 16.7 Å². The van der Waals surface area contributed by atoms with E-state index in [1.165, 1.54) is 19.3 Å². The highest BCUT2D eigenvalue weighted by Gasteiger charge is 2.58. The first-order valence-electron chi connectivity index (χ1n) is 16.1. The third-order valence-electron chi connectivity index (χ3n) is 9.88. The molecule has 3 aromatic rings. The van der Waals surface area contributed by atoms with Crippen molar-refractivity contribution in [3.8, 4) is 0 Å². The van der Waals surface area contributed by atoms with Crippen molar-refractivity contribution in [1.29, 1.82) is 0 Å². The normalized spacial score (nSPS) is 32.8. The van der Waals surface area contributed by atoms with Crippen LogP contribution in [0, 0.1) is 17.8 Å².